The monoisotopic (exact) mass is 260 g/mol. The van der Waals surface area contributed by atoms with E-state index in [0.717, 1.165) is 43.2 Å². The second kappa shape index (κ2) is 9.20. The predicted octanol–water partition coefficient (Wildman–Crippen LogP) is 1.83. The van der Waals surface area contributed by atoms with Crippen LogP contribution < -0.4 is 5.32 Å². The molecule has 17 heavy (non-hydrogen) atoms. The van der Waals surface area contributed by atoms with Gasteiger partial charge in [0.05, 0.1) is 0 Å². The van der Waals surface area contributed by atoms with Crippen molar-refractivity contribution in [1.29, 1.82) is 0 Å². The van der Waals surface area contributed by atoms with E-state index < -0.39 is 0 Å². The van der Waals surface area contributed by atoms with Crippen LogP contribution in [0.25, 0.3) is 0 Å². The third kappa shape index (κ3) is 7.29. The first-order valence-electron chi connectivity index (χ1n) is 6.88. The Morgan fingerprint density at radius 2 is 1.94 bits per heavy atom. The molecule has 0 bridgehead atoms. The summed E-state index contributed by atoms with van der Waals surface area (Å²) in [6.07, 6.45) is 1.12. The highest BCUT2D eigenvalue weighted by molar-refractivity contribution is 8.00. The molecule has 0 aromatic rings. The van der Waals surface area contributed by atoms with Crippen LogP contribution in [0.1, 0.15) is 27.2 Å². The highest BCUT2D eigenvalue weighted by Crippen LogP contribution is 2.24. The van der Waals surface area contributed by atoms with Crippen molar-refractivity contribution in [2.24, 2.45) is 0 Å². The summed E-state index contributed by atoms with van der Waals surface area (Å²) in [5.41, 5.74) is 0. The Morgan fingerprint density at radius 1 is 1.24 bits per heavy atom. The molecule has 0 aromatic carbocycles. The molecule has 1 fully saturated rings. The van der Waals surface area contributed by atoms with Gasteiger partial charge in [-0.05, 0) is 19.9 Å². The molecule has 1 aliphatic heterocycles. The molecule has 3 nitrogen and oxygen atoms in total. The summed E-state index contributed by atoms with van der Waals surface area (Å²) in [5.74, 6) is 0. The fourth-order valence-corrected chi connectivity index (χ4v) is 3.66. The van der Waals surface area contributed by atoms with Gasteiger partial charge in [0.15, 0.2) is 0 Å². The molecule has 2 unspecified atom stereocenters. The summed E-state index contributed by atoms with van der Waals surface area (Å²) < 4.78 is 5.30. The lowest BCUT2D eigenvalue weighted by atomic mass is 10.3. The first-order valence-corrected chi connectivity index (χ1v) is 7.83. The zero-order chi connectivity index (χ0) is 12.5. The van der Waals surface area contributed by atoms with E-state index in [1.165, 1.54) is 19.6 Å². The van der Waals surface area contributed by atoms with Crippen LogP contribution in [0.2, 0.25) is 0 Å². The van der Waals surface area contributed by atoms with E-state index in [4.69, 9.17) is 4.74 Å². The molecule has 4 heteroatoms. The number of thioether (sulfide) groups is 1. The van der Waals surface area contributed by atoms with Crippen molar-refractivity contribution in [1.82, 2.24) is 10.2 Å². The third-order valence-corrected chi connectivity index (χ3v) is 4.17. The quantitative estimate of drug-likeness (QED) is 0.673. The van der Waals surface area contributed by atoms with Gasteiger partial charge in [-0.2, -0.15) is 11.8 Å². The standard InChI is InChI=1S/C13H28N2OS/c1-4-16-9-5-6-14-7-8-15-10-12(2)17-13(3)11-15/h12-14H,4-11H2,1-3H3. The second-order valence-corrected chi connectivity index (χ2v) is 6.70. The largest absolute Gasteiger partial charge is 0.382 e. The molecule has 0 amide bonds. The minimum absolute atomic E-state index is 0.789. The van der Waals surface area contributed by atoms with Crippen molar-refractivity contribution < 1.29 is 4.74 Å². The normalized spacial score (nSPS) is 26.3. The number of hydrogen-bond donors (Lipinski definition) is 1. The number of nitrogens with zero attached hydrogens (tertiary/aromatic N) is 1. The Bertz CT molecular complexity index is 182. The van der Waals surface area contributed by atoms with Crippen LogP contribution in [0.3, 0.4) is 0 Å². The molecule has 1 saturated heterocycles. The predicted molar refractivity (Wildman–Crippen MR) is 76.9 cm³/mol. The van der Waals surface area contributed by atoms with Crippen LogP contribution in [0, 0.1) is 0 Å². The summed E-state index contributed by atoms with van der Waals surface area (Å²) in [6, 6.07) is 0. The lowest BCUT2D eigenvalue weighted by Gasteiger charge is -2.34. The molecule has 2 atom stereocenters. The minimum atomic E-state index is 0.789. The smallest absolute Gasteiger partial charge is 0.0477 e. The molecule has 0 aliphatic carbocycles. The van der Waals surface area contributed by atoms with Gasteiger partial charge >= 0.3 is 0 Å². The number of nitrogens with one attached hydrogen (secondary N) is 1. The minimum Gasteiger partial charge on any atom is -0.382 e. The maximum absolute atomic E-state index is 5.30. The molecule has 0 aromatic heterocycles. The van der Waals surface area contributed by atoms with Gasteiger partial charge in [0.25, 0.3) is 0 Å². The molecule has 0 radical (unpaired) electrons. The summed E-state index contributed by atoms with van der Waals surface area (Å²) >= 11 is 2.12. The van der Waals surface area contributed by atoms with Crippen molar-refractivity contribution in [3.63, 3.8) is 0 Å². The average Bonchev–Trinajstić information content (AvgIpc) is 2.26. The second-order valence-electron chi connectivity index (χ2n) is 4.82. The summed E-state index contributed by atoms with van der Waals surface area (Å²) in [7, 11) is 0. The van der Waals surface area contributed by atoms with Gasteiger partial charge in [-0.15, -0.1) is 0 Å². The number of hydrogen-bond acceptors (Lipinski definition) is 4. The van der Waals surface area contributed by atoms with E-state index >= 15 is 0 Å². The van der Waals surface area contributed by atoms with Gasteiger partial charge in [-0.25, -0.2) is 0 Å². The molecule has 1 aliphatic rings. The Hall–Kier alpha value is 0.230. The summed E-state index contributed by atoms with van der Waals surface area (Å²) in [5, 5.41) is 5.07. The van der Waals surface area contributed by atoms with Crippen LogP contribution >= 0.6 is 11.8 Å². The lowest BCUT2D eigenvalue weighted by Crippen LogP contribution is -2.43. The highest BCUT2D eigenvalue weighted by atomic mass is 32.2. The zero-order valence-electron chi connectivity index (χ0n) is 11.6. The van der Waals surface area contributed by atoms with Crippen LogP contribution in [0.15, 0.2) is 0 Å². The fraction of sp³-hybridized carbons (Fsp3) is 1.00. The SMILES string of the molecule is CCOCCCNCCN1CC(C)SC(C)C1. The first kappa shape index (κ1) is 15.3. The molecule has 102 valence electrons. The molecule has 1 heterocycles. The van der Waals surface area contributed by atoms with E-state index in [1.54, 1.807) is 0 Å². The van der Waals surface area contributed by atoms with Gasteiger partial charge in [-0.3, -0.25) is 4.90 Å². The van der Waals surface area contributed by atoms with Gasteiger partial charge < -0.3 is 10.1 Å². The maximum atomic E-state index is 5.30. The third-order valence-electron chi connectivity index (χ3n) is 2.95. The Balaban J connectivity index is 1.95. The van der Waals surface area contributed by atoms with Gasteiger partial charge in [-0.1, -0.05) is 13.8 Å². The van der Waals surface area contributed by atoms with Crippen molar-refractivity contribution in [2.75, 3.05) is 45.9 Å². The molecule has 1 N–H and O–H groups in total. The van der Waals surface area contributed by atoms with Gasteiger partial charge in [0.1, 0.15) is 0 Å². The van der Waals surface area contributed by atoms with Crippen LogP contribution in [0.5, 0.6) is 0 Å². The van der Waals surface area contributed by atoms with Gasteiger partial charge in [0, 0.05) is 49.9 Å². The average molecular weight is 260 g/mol. The van der Waals surface area contributed by atoms with E-state index in [-0.39, 0.29) is 0 Å². The zero-order valence-corrected chi connectivity index (χ0v) is 12.4. The number of ether oxygens (including phenoxy) is 1. The molecule has 0 spiro atoms. The topological polar surface area (TPSA) is 24.5 Å². The first-order chi connectivity index (χ1) is 8.22. The Morgan fingerprint density at radius 3 is 2.59 bits per heavy atom. The fourth-order valence-electron chi connectivity index (χ4n) is 2.27. The Labute approximate surface area is 111 Å². The van der Waals surface area contributed by atoms with E-state index in [1.807, 2.05) is 6.92 Å². The molecule has 1 rings (SSSR count). The number of rotatable bonds is 8. The molecular weight excluding hydrogens is 232 g/mol. The lowest BCUT2D eigenvalue weighted by molar-refractivity contribution is 0.144. The molecule has 0 saturated carbocycles. The van der Waals surface area contributed by atoms with Crippen molar-refractivity contribution in [3.8, 4) is 0 Å². The van der Waals surface area contributed by atoms with Gasteiger partial charge in [0.2, 0.25) is 0 Å². The van der Waals surface area contributed by atoms with Crippen LogP contribution in [-0.2, 0) is 4.74 Å². The summed E-state index contributed by atoms with van der Waals surface area (Å²) in [6.45, 7) is 14.3. The van der Waals surface area contributed by atoms with Crippen LogP contribution in [-0.4, -0.2) is 61.3 Å². The van der Waals surface area contributed by atoms with Crippen molar-refractivity contribution in [3.05, 3.63) is 0 Å². The maximum Gasteiger partial charge on any atom is 0.0477 e. The summed E-state index contributed by atoms with van der Waals surface area (Å²) in [4.78, 5) is 2.58. The van der Waals surface area contributed by atoms with Crippen LogP contribution in [0.4, 0.5) is 0 Å². The van der Waals surface area contributed by atoms with E-state index in [9.17, 15) is 0 Å². The molecular formula is C13H28N2OS. The van der Waals surface area contributed by atoms with Crippen molar-refractivity contribution >= 4 is 11.8 Å². The van der Waals surface area contributed by atoms with Crippen molar-refractivity contribution in [2.45, 2.75) is 37.7 Å². The highest BCUT2D eigenvalue weighted by Gasteiger charge is 2.21. The Kier molecular flexibility index (Phi) is 8.27. The van der Waals surface area contributed by atoms with E-state index in [0.29, 0.717) is 0 Å². The van der Waals surface area contributed by atoms with E-state index in [2.05, 4.69) is 35.8 Å².